The third-order valence-electron chi connectivity index (χ3n) is 6.71. The maximum absolute atomic E-state index is 13.8. The van der Waals surface area contributed by atoms with Crippen LogP contribution in [0.5, 0.6) is 11.5 Å². The van der Waals surface area contributed by atoms with Gasteiger partial charge in [0.05, 0.1) is 14.2 Å². The maximum atomic E-state index is 13.8. The number of methoxy groups -OCH3 is 2. The van der Waals surface area contributed by atoms with Gasteiger partial charge in [0.15, 0.2) is 0 Å². The van der Waals surface area contributed by atoms with Gasteiger partial charge in [-0.05, 0) is 67.1 Å². The third-order valence-corrected chi connectivity index (χ3v) is 8.71. The lowest BCUT2D eigenvalue weighted by Gasteiger charge is -2.17. The van der Waals surface area contributed by atoms with E-state index in [4.69, 9.17) is 9.47 Å². The molecule has 0 aliphatic rings. The number of aromatic nitrogens is 2. The zero-order chi connectivity index (χ0) is 33.2. The molecule has 3 amide bonds. The quantitative estimate of drug-likeness (QED) is 0.0986. The molecule has 0 spiro atoms. The molecule has 1 heterocycles. The average Bonchev–Trinajstić information content (AvgIpc) is 3.51. The van der Waals surface area contributed by atoms with Crippen LogP contribution in [0.15, 0.2) is 114 Å². The summed E-state index contributed by atoms with van der Waals surface area (Å²) < 4.78 is 10.9. The first-order valence-corrected chi connectivity index (χ1v) is 16.1. The molecule has 0 aliphatic heterocycles. The molecule has 1 atom stereocenters. The van der Waals surface area contributed by atoms with Gasteiger partial charge in [0.1, 0.15) is 27.5 Å². The summed E-state index contributed by atoms with van der Waals surface area (Å²) in [4.78, 5) is 41.1. The fourth-order valence-corrected chi connectivity index (χ4v) is 6.13. The van der Waals surface area contributed by atoms with Crippen molar-refractivity contribution < 1.29 is 23.9 Å². The first-order valence-electron chi connectivity index (χ1n) is 14.4. The van der Waals surface area contributed by atoms with Crippen LogP contribution in [-0.4, -0.2) is 42.1 Å². The Labute approximate surface area is 280 Å². The normalized spacial score (nSPS) is 11.7. The van der Waals surface area contributed by atoms with Gasteiger partial charge in [0, 0.05) is 21.7 Å². The van der Waals surface area contributed by atoms with Crippen molar-refractivity contribution in [1.29, 1.82) is 0 Å². The Bertz CT molecular complexity index is 1900. The second-order valence-corrected chi connectivity index (χ2v) is 12.4. The van der Waals surface area contributed by atoms with Crippen LogP contribution in [0.1, 0.15) is 31.7 Å². The minimum absolute atomic E-state index is 0.0163. The largest absolute Gasteiger partial charge is 0.497 e. The molecule has 0 bridgehead atoms. The van der Waals surface area contributed by atoms with Gasteiger partial charge < -0.3 is 20.1 Å². The predicted molar refractivity (Wildman–Crippen MR) is 185 cm³/mol. The van der Waals surface area contributed by atoms with Gasteiger partial charge in [-0.2, -0.15) is 0 Å². The third kappa shape index (κ3) is 8.84. The molecule has 10 nitrogen and oxygen atoms in total. The molecule has 3 N–H and O–H groups in total. The van der Waals surface area contributed by atoms with Crippen molar-refractivity contribution in [2.24, 2.45) is 0 Å². The van der Waals surface area contributed by atoms with Crippen molar-refractivity contribution in [3.05, 3.63) is 131 Å². The summed E-state index contributed by atoms with van der Waals surface area (Å²) in [5.74, 6) is -0.245. The Hall–Kier alpha value is -5.46. The standard InChI is InChI=1S/C35H31N5O5S2/c1-22-39-40-35(46-22)38-34(43)31(23-11-6-4-7-12-23)47-28-16-10-15-26(21-28)36-33(42)29(37-32(41)24-13-8-5-9-14-24)20-25-19-27(44-2)17-18-30(25)45-3/h4-21,31H,1-3H3,(H,36,42)(H,37,41)(H,38,40,43)/b29-20+. The SMILES string of the molecule is COc1ccc(OC)c(/C=C(/NC(=O)c2ccccc2)C(=O)Nc2cccc(SC(C(=O)Nc3nnc(C)s3)c3ccccc3)c2)c1. The van der Waals surface area contributed by atoms with Crippen LogP contribution in [-0.2, 0) is 9.59 Å². The maximum Gasteiger partial charge on any atom is 0.272 e. The fourth-order valence-electron chi connectivity index (χ4n) is 4.45. The zero-order valence-electron chi connectivity index (χ0n) is 25.7. The van der Waals surface area contributed by atoms with E-state index < -0.39 is 17.1 Å². The number of anilines is 2. The molecule has 47 heavy (non-hydrogen) atoms. The van der Waals surface area contributed by atoms with Crippen molar-refractivity contribution >= 4 is 57.7 Å². The van der Waals surface area contributed by atoms with E-state index in [1.54, 1.807) is 66.7 Å². The van der Waals surface area contributed by atoms with E-state index in [1.165, 1.54) is 43.4 Å². The van der Waals surface area contributed by atoms with Crippen LogP contribution in [0.3, 0.4) is 0 Å². The summed E-state index contributed by atoms with van der Waals surface area (Å²) in [5, 5.41) is 17.0. The fraction of sp³-hybridized carbons (Fsp3) is 0.114. The first-order chi connectivity index (χ1) is 22.8. The molecule has 0 radical (unpaired) electrons. The number of aryl methyl sites for hydroxylation is 1. The predicted octanol–water partition coefficient (Wildman–Crippen LogP) is 6.75. The van der Waals surface area contributed by atoms with E-state index in [0.717, 1.165) is 15.5 Å². The van der Waals surface area contributed by atoms with Gasteiger partial charge in [-0.3, -0.25) is 19.7 Å². The molecule has 0 aliphatic carbocycles. The van der Waals surface area contributed by atoms with E-state index in [-0.39, 0.29) is 11.6 Å². The summed E-state index contributed by atoms with van der Waals surface area (Å²) in [7, 11) is 3.05. The van der Waals surface area contributed by atoms with Crippen LogP contribution in [0.2, 0.25) is 0 Å². The monoisotopic (exact) mass is 665 g/mol. The zero-order valence-corrected chi connectivity index (χ0v) is 27.4. The lowest BCUT2D eigenvalue weighted by molar-refractivity contribution is -0.116. The van der Waals surface area contributed by atoms with Crippen molar-refractivity contribution in [1.82, 2.24) is 15.5 Å². The molecular weight excluding hydrogens is 635 g/mol. The van der Waals surface area contributed by atoms with Crippen molar-refractivity contribution in [3.8, 4) is 11.5 Å². The molecule has 0 saturated carbocycles. The molecule has 5 rings (SSSR count). The number of rotatable bonds is 12. The van der Waals surface area contributed by atoms with E-state index in [2.05, 4.69) is 26.1 Å². The highest BCUT2D eigenvalue weighted by Gasteiger charge is 2.24. The molecule has 12 heteroatoms. The van der Waals surface area contributed by atoms with E-state index in [9.17, 15) is 14.4 Å². The van der Waals surface area contributed by atoms with E-state index in [0.29, 0.717) is 33.4 Å². The van der Waals surface area contributed by atoms with Gasteiger partial charge in [-0.15, -0.1) is 22.0 Å². The minimum atomic E-state index is -0.618. The number of hydrogen-bond acceptors (Lipinski definition) is 9. The summed E-state index contributed by atoms with van der Waals surface area (Å²) in [6.07, 6.45) is 1.53. The van der Waals surface area contributed by atoms with Gasteiger partial charge in [-0.1, -0.05) is 65.9 Å². The number of nitrogens with one attached hydrogen (secondary N) is 3. The Kier molecular flexibility index (Phi) is 11.0. The number of ether oxygens (including phenoxy) is 2. The van der Waals surface area contributed by atoms with Crippen molar-refractivity contribution in [2.75, 3.05) is 24.9 Å². The van der Waals surface area contributed by atoms with Crippen LogP contribution in [0.4, 0.5) is 10.8 Å². The second kappa shape index (κ2) is 15.7. The molecule has 1 unspecified atom stereocenters. The van der Waals surface area contributed by atoms with E-state index >= 15 is 0 Å². The summed E-state index contributed by atoms with van der Waals surface area (Å²) in [5.41, 5.74) is 2.15. The summed E-state index contributed by atoms with van der Waals surface area (Å²) in [6, 6.07) is 30.3. The summed E-state index contributed by atoms with van der Waals surface area (Å²) in [6.45, 7) is 1.82. The number of amides is 3. The molecule has 1 aromatic heterocycles. The highest BCUT2D eigenvalue weighted by molar-refractivity contribution is 8.00. The minimum Gasteiger partial charge on any atom is -0.497 e. The lowest BCUT2D eigenvalue weighted by atomic mass is 10.1. The van der Waals surface area contributed by atoms with Gasteiger partial charge >= 0.3 is 0 Å². The Morgan fingerprint density at radius 3 is 2.26 bits per heavy atom. The highest BCUT2D eigenvalue weighted by Crippen LogP contribution is 2.37. The molecule has 5 aromatic rings. The van der Waals surface area contributed by atoms with E-state index in [1.807, 2.05) is 43.3 Å². The van der Waals surface area contributed by atoms with Gasteiger partial charge in [-0.25, -0.2) is 0 Å². The van der Waals surface area contributed by atoms with Crippen LogP contribution in [0.25, 0.3) is 6.08 Å². The first kappa shape index (κ1) is 32.9. The lowest BCUT2D eigenvalue weighted by Crippen LogP contribution is -2.30. The van der Waals surface area contributed by atoms with Crippen molar-refractivity contribution in [3.63, 3.8) is 0 Å². The number of benzene rings is 4. The van der Waals surface area contributed by atoms with Crippen LogP contribution >= 0.6 is 23.1 Å². The topological polar surface area (TPSA) is 132 Å². The number of carbonyl (C=O) groups is 3. The van der Waals surface area contributed by atoms with Crippen molar-refractivity contribution in [2.45, 2.75) is 17.1 Å². The van der Waals surface area contributed by atoms with Gasteiger partial charge in [0.2, 0.25) is 11.0 Å². The Morgan fingerprint density at radius 2 is 1.57 bits per heavy atom. The Morgan fingerprint density at radius 1 is 0.830 bits per heavy atom. The number of carbonyl (C=O) groups excluding carboxylic acids is 3. The number of thioether (sulfide) groups is 1. The molecule has 0 saturated heterocycles. The van der Waals surface area contributed by atoms with Crippen LogP contribution < -0.4 is 25.4 Å². The summed E-state index contributed by atoms with van der Waals surface area (Å²) >= 11 is 2.62. The van der Waals surface area contributed by atoms with Crippen LogP contribution in [0, 0.1) is 6.92 Å². The molecule has 4 aromatic carbocycles. The smallest absolute Gasteiger partial charge is 0.272 e. The molecule has 0 fully saturated rings. The van der Waals surface area contributed by atoms with Gasteiger partial charge in [0.25, 0.3) is 11.8 Å². The number of nitrogens with zero attached hydrogens (tertiary/aromatic N) is 2. The average molecular weight is 666 g/mol. The Balaban J connectivity index is 1.41. The second-order valence-electron chi connectivity index (χ2n) is 9.99. The number of hydrogen-bond donors (Lipinski definition) is 3. The highest BCUT2D eigenvalue weighted by atomic mass is 32.2. The molecular formula is C35H31N5O5S2. The molecule has 238 valence electrons.